The Morgan fingerprint density at radius 2 is 1.85 bits per heavy atom. The van der Waals surface area contributed by atoms with Crippen LogP contribution in [0.5, 0.6) is 0 Å². The zero-order valence-electron chi connectivity index (χ0n) is 15.2. The Morgan fingerprint density at radius 3 is 2.46 bits per heavy atom. The first-order chi connectivity index (χ1) is 12.4. The number of nitrogens with zero attached hydrogens (tertiary/aromatic N) is 4. The Bertz CT molecular complexity index is 682. The minimum atomic E-state index is -1.23. The lowest BCUT2D eigenvalue weighted by Crippen LogP contribution is -2.62. The van der Waals surface area contributed by atoms with Crippen LogP contribution in [0.15, 0.2) is 6.20 Å². The van der Waals surface area contributed by atoms with Crippen molar-refractivity contribution in [1.82, 2.24) is 20.2 Å². The number of urea groups is 1. The van der Waals surface area contributed by atoms with Crippen molar-refractivity contribution in [1.29, 1.82) is 0 Å². The summed E-state index contributed by atoms with van der Waals surface area (Å²) in [4.78, 5) is 37.0. The lowest BCUT2D eigenvalue weighted by Gasteiger charge is -2.39. The number of hydrogen-bond donors (Lipinski definition) is 2. The van der Waals surface area contributed by atoms with Crippen LogP contribution in [-0.2, 0) is 9.53 Å². The molecule has 3 rings (SSSR count). The predicted octanol–water partition coefficient (Wildman–Crippen LogP) is 0.559. The summed E-state index contributed by atoms with van der Waals surface area (Å²) in [5.41, 5.74) is 0.486. The van der Waals surface area contributed by atoms with Crippen molar-refractivity contribution < 1.29 is 19.4 Å². The molecule has 9 nitrogen and oxygen atoms in total. The summed E-state index contributed by atoms with van der Waals surface area (Å²) in [5.74, 6) is -0.157. The molecule has 0 aromatic carbocycles. The van der Waals surface area contributed by atoms with E-state index in [2.05, 4.69) is 20.2 Å². The first-order valence-electron chi connectivity index (χ1n) is 8.85. The van der Waals surface area contributed by atoms with Crippen molar-refractivity contribution in [2.75, 3.05) is 44.3 Å². The van der Waals surface area contributed by atoms with Crippen molar-refractivity contribution in [3.8, 4) is 0 Å². The van der Waals surface area contributed by atoms with Gasteiger partial charge >= 0.3 is 12.0 Å². The molecule has 2 aliphatic rings. The number of anilines is 1. The Labute approximate surface area is 152 Å². The molecule has 1 aromatic rings. The number of amides is 2. The van der Waals surface area contributed by atoms with Gasteiger partial charge in [0.25, 0.3) is 0 Å². The van der Waals surface area contributed by atoms with E-state index in [9.17, 15) is 14.7 Å². The van der Waals surface area contributed by atoms with Gasteiger partial charge in [-0.25, -0.2) is 14.6 Å². The minimum absolute atomic E-state index is 0.284. The third-order valence-electron chi connectivity index (χ3n) is 5.02. The number of piperazine rings is 1. The summed E-state index contributed by atoms with van der Waals surface area (Å²) < 4.78 is 5.24. The van der Waals surface area contributed by atoms with Gasteiger partial charge in [0.05, 0.1) is 11.4 Å². The van der Waals surface area contributed by atoms with E-state index >= 15 is 0 Å². The van der Waals surface area contributed by atoms with Crippen LogP contribution in [0.1, 0.15) is 24.2 Å². The molecule has 0 atom stereocenters. The zero-order valence-corrected chi connectivity index (χ0v) is 15.2. The lowest BCUT2D eigenvalue weighted by molar-refractivity contribution is -0.148. The second kappa shape index (κ2) is 7.45. The van der Waals surface area contributed by atoms with Gasteiger partial charge in [0.1, 0.15) is 11.4 Å². The fourth-order valence-electron chi connectivity index (χ4n) is 3.34. The van der Waals surface area contributed by atoms with Crippen LogP contribution in [0.25, 0.3) is 0 Å². The molecule has 2 N–H and O–H groups in total. The molecule has 1 aromatic heterocycles. The smallest absolute Gasteiger partial charge is 0.329 e. The third-order valence-corrected chi connectivity index (χ3v) is 5.02. The number of rotatable bonds is 3. The maximum atomic E-state index is 12.6. The first-order valence-corrected chi connectivity index (χ1v) is 8.85. The molecule has 0 unspecified atom stereocenters. The normalized spacial score (nSPS) is 19.9. The van der Waals surface area contributed by atoms with Crippen LogP contribution >= 0.6 is 0 Å². The van der Waals surface area contributed by atoms with Gasteiger partial charge in [-0.15, -0.1) is 0 Å². The van der Waals surface area contributed by atoms with Gasteiger partial charge in [0.15, 0.2) is 0 Å². The highest BCUT2D eigenvalue weighted by Gasteiger charge is 2.42. The van der Waals surface area contributed by atoms with Crippen LogP contribution < -0.4 is 10.2 Å². The van der Waals surface area contributed by atoms with E-state index in [1.807, 2.05) is 13.8 Å². The summed E-state index contributed by atoms with van der Waals surface area (Å²) in [6.45, 7) is 6.78. The van der Waals surface area contributed by atoms with E-state index < -0.39 is 11.5 Å². The summed E-state index contributed by atoms with van der Waals surface area (Å²) in [6, 6.07) is -0.332. The molecule has 3 heterocycles. The molecule has 0 spiro atoms. The van der Waals surface area contributed by atoms with Gasteiger partial charge in [0.2, 0.25) is 0 Å². The number of nitrogens with one attached hydrogen (secondary N) is 1. The van der Waals surface area contributed by atoms with E-state index in [-0.39, 0.29) is 18.9 Å². The molecule has 2 amide bonds. The first kappa shape index (κ1) is 18.4. The number of aliphatic carboxylic acids is 1. The zero-order chi connectivity index (χ0) is 18.7. The summed E-state index contributed by atoms with van der Waals surface area (Å²) in [7, 11) is 0. The Balaban J connectivity index is 1.61. The number of aromatic nitrogens is 2. The second-order valence-corrected chi connectivity index (χ2v) is 6.82. The summed E-state index contributed by atoms with van der Waals surface area (Å²) in [6.07, 6.45) is 2.31. The second-order valence-electron chi connectivity index (χ2n) is 6.82. The third kappa shape index (κ3) is 3.72. The maximum absolute atomic E-state index is 12.6. The molecular formula is C17H25N5O4. The molecule has 0 bridgehead atoms. The van der Waals surface area contributed by atoms with Gasteiger partial charge in [-0.2, -0.15) is 0 Å². The van der Waals surface area contributed by atoms with Crippen molar-refractivity contribution >= 4 is 17.8 Å². The fraction of sp³-hybridized carbons (Fsp3) is 0.647. The maximum Gasteiger partial charge on any atom is 0.329 e. The minimum Gasteiger partial charge on any atom is -0.480 e. The molecule has 2 fully saturated rings. The van der Waals surface area contributed by atoms with Gasteiger partial charge < -0.3 is 25.0 Å². The van der Waals surface area contributed by atoms with Crippen molar-refractivity contribution in [2.45, 2.75) is 32.2 Å². The lowest BCUT2D eigenvalue weighted by atomic mass is 9.90. The molecule has 9 heteroatoms. The Morgan fingerprint density at radius 1 is 1.19 bits per heavy atom. The molecule has 142 valence electrons. The fourth-order valence-corrected chi connectivity index (χ4v) is 3.34. The van der Waals surface area contributed by atoms with Crippen LogP contribution in [-0.4, -0.2) is 76.9 Å². The van der Waals surface area contributed by atoms with Crippen LogP contribution in [0, 0.1) is 13.8 Å². The highest BCUT2D eigenvalue weighted by molar-refractivity contribution is 5.86. The number of carboxylic acid groups (broad SMARTS) is 1. The summed E-state index contributed by atoms with van der Waals surface area (Å²) in [5, 5.41) is 12.3. The topological polar surface area (TPSA) is 108 Å². The van der Waals surface area contributed by atoms with Crippen molar-refractivity contribution in [3.05, 3.63) is 17.6 Å². The number of carbonyl (C=O) groups is 2. The van der Waals surface area contributed by atoms with E-state index in [0.29, 0.717) is 39.4 Å². The van der Waals surface area contributed by atoms with Crippen LogP contribution in [0.4, 0.5) is 10.6 Å². The standard InChI is InChI=1S/C17H25N5O4/c1-12-11-18-13(2)14(19-12)21-5-7-22(8-6-21)16(25)20-17(15(23)24)3-9-26-10-4-17/h11H,3-10H2,1-2H3,(H,20,25)(H,23,24). The monoisotopic (exact) mass is 363 g/mol. The molecule has 0 saturated carbocycles. The SMILES string of the molecule is Cc1cnc(C)c(N2CCN(C(=O)NC3(C(=O)O)CCOCC3)CC2)n1. The van der Waals surface area contributed by atoms with Crippen molar-refractivity contribution in [3.63, 3.8) is 0 Å². The van der Waals surface area contributed by atoms with Crippen LogP contribution in [0.2, 0.25) is 0 Å². The van der Waals surface area contributed by atoms with Crippen LogP contribution in [0.3, 0.4) is 0 Å². The summed E-state index contributed by atoms with van der Waals surface area (Å²) >= 11 is 0. The average Bonchev–Trinajstić information content (AvgIpc) is 2.64. The molecule has 0 aliphatic carbocycles. The molecule has 26 heavy (non-hydrogen) atoms. The number of aryl methyl sites for hydroxylation is 2. The average molecular weight is 363 g/mol. The highest BCUT2D eigenvalue weighted by Crippen LogP contribution is 2.22. The number of carboxylic acids is 1. The quantitative estimate of drug-likeness (QED) is 0.808. The Kier molecular flexibility index (Phi) is 5.26. The van der Waals surface area contributed by atoms with Crippen molar-refractivity contribution in [2.24, 2.45) is 0 Å². The van der Waals surface area contributed by atoms with Gasteiger partial charge in [-0.3, -0.25) is 4.98 Å². The predicted molar refractivity (Wildman–Crippen MR) is 94.2 cm³/mol. The highest BCUT2D eigenvalue weighted by atomic mass is 16.5. The van der Waals surface area contributed by atoms with E-state index in [1.165, 1.54) is 0 Å². The van der Waals surface area contributed by atoms with Gasteiger partial charge in [-0.1, -0.05) is 0 Å². The number of hydrogen-bond acceptors (Lipinski definition) is 6. The molecule has 0 radical (unpaired) electrons. The largest absolute Gasteiger partial charge is 0.480 e. The van der Waals surface area contributed by atoms with Gasteiger partial charge in [0, 0.05) is 58.4 Å². The van der Waals surface area contributed by atoms with E-state index in [0.717, 1.165) is 17.2 Å². The van der Waals surface area contributed by atoms with E-state index in [4.69, 9.17) is 4.74 Å². The Hall–Kier alpha value is -2.42. The number of ether oxygens (including phenoxy) is 1. The molecule has 2 aliphatic heterocycles. The van der Waals surface area contributed by atoms with Gasteiger partial charge in [-0.05, 0) is 13.8 Å². The number of carbonyl (C=O) groups excluding carboxylic acids is 1. The van der Waals surface area contributed by atoms with E-state index in [1.54, 1.807) is 11.1 Å². The molecular weight excluding hydrogens is 338 g/mol. The molecule has 2 saturated heterocycles.